The number of rotatable bonds is 8. The van der Waals surface area contributed by atoms with Crippen molar-refractivity contribution in [2.75, 3.05) is 6.54 Å². The number of hydrogen-bond acceptors (Lipinski definition) is 6. The Morgan fingerprint density at radius 1 is 1.17 bits per heavy atom. The molecular weight excluding hydrogens is 462 g/mol. The maximum atomic E-state index is 13.1. The Balaban J connectivity index is 1.10. The third-order valence-corrected chi connectivity index (χ3v) is 6.80. The average molecular weight is 491 g/mol. The maximum Gasteiger partial charge on any atom is 0.248 e. The zero-order chi connectivity index (χ0) is 24.7. The van der Waals surface area contributed by atoms with Crippen molar-refractivity contribution in [3.05, 3.63) is 90.5 Å². The van der Waals surface area contributed by atoms with Crippen molar-refractivity contribution >= 4 is 11.3 Å². The molecule has 8 nitrogen and oxygen atoms in total. The van der Waals surface area contributed by atoms with Crippen LogP contribution in [0.25, 0.3) is 17.0 Å². The number of imidazole rings is 1. The second-order valence-corrected chi connectivity index (χ2v) is 9.65. The molecule has 1 fully saturated rings. The fourth-order valence-electron chi connectivity index (χ4n) is 4.77. The molecule has 0 radical (unpaired) electrons. The number of nitrogens with one attached hydrogen (secondary N) is 3. The quantitative estimate of drug-likeness (QED) is 0.346. The van der Waals surface area contributed by atoms with Gasteiger partial charge in [-0.05, 0) is 49.2 Å². The van der Waals surface area contributed by atoms with Crippen molar-refractivity contribution in [1.82, 2.24) is 40.2 Å². The van der Waals surface area contributed by atoms with Gasteiger partial charge in [-0.25, -0.2) is 13.8 Å². The van der Waals surface area contributed by atoms with Gasteiger partial charge in [0.25, 0.3) is 0 Å². The van der Waals surface area contributed by atoms with Crippen molar-refractivity contribution in [2.45, 2.75) is 38.3 Å². The highest BCUT2D eigenvalue weighted by Crippen LogP contribution is 2.42. The zero-order valence-electron chi connectivity index (χ0n) is 19.9. The van der Waals surface area contributed by atoms with Crippen LogP contribution in [0.1, 0.15) is 42.6 Å². The van der Waals surface area contributed by atoms with Gasteiger partial charge in [-0.15, -0.1) is 5.53 Å². The second kappa shape index (κ2) is 9.03. The number of alkyl halides is 2. The van der Waals surface area contributed by atoms with Gasteiger partial charge in [0.2, 0.25) is 5.92 Å². The summed E-state index contributed by atoms with van der Waals surface area (Å²) in [5, 5.41) is 5.34. The normalized spacial score (nSPS) is 18.2. The molecule has 1 saturated carbocycles. The molecule has 6 rings (SSSR count). The first-order valence-corrected chi connectivity index (χ1v) is 12.1. The molecule has 1 unspecified atom stereocenters. The van der Waals surface area contributed by atoms with Gasteiger partial charge < -0.3 is 19.7 Å². The van der Waals surface area contributed by atoms with Gasteiger partial charge in [0.15, 0.2) is 0 Å². The smallest absolute Gasteiger partial charge is 0.248 e. The number of fused-ring (bicyclic) bond motifs is 1. The highest BCUT2D eigenvalue weighted by atomic mass is 19.3. The van der Waals surface area contributed by atoms with Gasteiger partial charge in [-0.3, -0.25) is 9.99 Å². The van der Waals surface area contributed by atoms with E-state index in [1.165, 1.54) is 0 Å². The van der Waals surface area contributed by atoms with Gasteiger partial charge in [0.1, 0.15) is 5.65 Å². The number of pyridine rings is 2. The van der Waals surface area contributed by atoms with Crippen LogP contribution in [0, 0.1) is 5.92 Å². The van der Waals surface area contributed by atoms with E-state index in [2.05, 4.69) is 34.3 Å². The van der Waals surface area contributed by atoms with E-state index in [1.807, 2.05) is 81.6 Å². The molecule has 3 N–H and O–H groups in total. The fourth-order valence-corrected chi connectivity index (χ4v) is 4.77. The largest absolute Gasteiger partial charge is 0.322 e. The van der Waals surface area contributed by atoms with Crippen LogP contribution in [0.2, 0.25) is 0 Å². The van der Waals surface area contributed by atoms with Gasteiger partial charge >= 0.3 is 0 Å². The van der Waals surface area contributed by atoms with E-state index in [4.69, 9.17) is 4.98 Å². The van der Waals surface area contributed by atoms with Gasteiger partial charge in [-0.1, -0.05) is 6.07 Å². The maximum absolute atomic E-state index is 13.1. The van der Waals surface area contributed by atoms with Gasteiger partial charge in [0, 0.05) is 61.6 Å². The molecule has 186 valence electrons. The van der Waals surface area contributed by atoms with E-state index in [0.29, 0.717) is 13.1 Å². The van der Waals surface area contributed by atoms with Crippen LogP contribution in [-0.2, 0) is 6.54 Å². The van der Waals surface area contributed by atoms with Gasteiger partial charge in [0.05, 0.1) is 29.8 Å². The summed E-state index contributed by atoms with van der Waals surface area (Å²) in [7, 11) is 0. The molecule has 0 saturated heterocycles. The second-order valence-electron chi connectivity index (χ2n) is 9.65. The molecule has 2 aliphatic rings. The van der Waals surface area contributed by atoms with Crippen LogP contribution in [0.15, 0.2) is 73.7 Å². The van der Waals surface area contributed by atoms with Crippen LogP contribution < -0.4 is 16.3 Å². The van der Waals surface area contributed by atoms with Crippen molar-refractivity contribution in [1.29, 1.82) is 0 Å². The Labute approximate surface area is 207 Å². The Morgan fingerprint density at radius 3 is 2.81 bits per heavy atom. The lowest BCUT2D eigenvalue weighted by atomic mass is 9.81. The summed E-state index contributed by atoms with van der Waals surface area (Å²) >= 11 is 0. The third-order valence-electron chi connectivity index (χ3n) is 6.80. The summed E-state index contributed by atoms with van der Waals surface area (Å²) in [4.78, 5) is 9.12. The predicted molar refractivity (Wildman–Crippen MR) is 133 cm³/mol. The highest BCUT2D eigenvalue weighted by molar-refractivity contribution is 5.65. The molecule has 1 aliphatic carbocycles. The monoisotopic (exact) mass is 490 g/mol. The minimum atomic E-state index is -2.47. The van der Waals surface area contributed by atoms with Crippen molar-refractivity contribution in [3.8, 4) is 5.69 Å². The molecule has 4 aromatic rings. The van der Waals surface area contributed by atoms with Crippen LogP contribution in [0.5, 0.6) is 0 Å². The molecule has 0 amide bonds. The summed E-state index contributed by atoms with van der Waals surface area (Å²) in [5.41, 5.74) is 12.1. The molecule has 0 bridgehead atoms. The van der Waals surface area contributed by atoms with Crippen LogP contribution in [0.4, 0.5) is 8.78 Å². The summed E-state index contributed by atoms with van der Waals surface area (Å²) in [6, 6.07) is 10.1. The molecule has 1 atom stereocenters. The molecular formula is C26H28F2N8. The summed E-state index contributed by atoms with van der Waals surface area (Å²) in [6.07, 6.45) is 13.7. The first-order chi connectivity index (χ1) is 17.4. The number of hydrogen-bond donors (Lipinski definition) is 3. The van der Waals surface area contributed by atoms with E-state index in [0.717, 1.165) is 33.9 Å². The Morgan fingerprint density at radius 2 is 2.00 bits per heavy atom. The Hall–Kier alpha value is -3.76. The lowest BCUT2D eigenvalue weighted by molar-refractivity contribution is -0.109. The lowest BCUT2D eigenvalue weighted by Gasteiger charge is -2.35. The molecule has 36 heavy (non-hydrogen) atoms. The topological polar surface area (TPSA) is 74.5 Å². The summed E-state index contributed by atoms with van der Waals surface area (Å²) < 4.78 is 30.2. The van der Waals surface area contributed by atoms with Crippen LogP contribution in [0.3, 0.4) is 0 Å². The molecule has 1 aliphatic heterocycles. The molecule has 0 spiro atoms. The number of hydrazine groups is 2. The van der Waals surface area contributed by atoms with E-state index in [-0.39, 0.29) is 24.8 Å². The summed E-state index contributed by atoms with van der Waals surface area (Å²) in [6.45, 7) is 3.24. The standard InChI is InChI=1S/C26H28F2N8/c1-18(30-11-19-9-26(27,28)10-19)20-4-5-25-31-22(15-35(25)14-20)16-36-17-24(32-33-36)21-8-23(13-29-12-21)34-6-2-3-7-34/h2-8,12-15,17-19,30,32-33H,9-11,16H2,1H3. The number of aromatic nitrogens is 4. The average Bonchev–Trinajstić information content (AvgIpc) is 3.62. The fraction of sp³-hybridized carbons (Fsp3) is 0.308. The molecule has 5 heterocycles. The van der Waals surface area contributed by atoms with E-state index in [1.54, 1.807) is 0 Å². The van der Waals surface area contributed by atoms with E-state index in [9.17, 15) is 8.78 Å². The Bertz CT molecular complexity index is 1390. The highest BCUT2D eigenvalue weighted by Gasteiger charge is 2.44. The van der Waals surface area contributed by atoms with Crippen molar-refractivity contribution < 1.29 is 8.78 Å². The minimum Gasteiger partial charge on any atom is -0.322 e. The number of nitrogens with zero attached hydrogens (tertiary/aromatic N) is 5. The van der Waals surface area contributed by atoms with Gasteiger partial charge in [-0.2, -0.15) is 0 Å². The third kappa shape index (κ3) is 4.69. The lowest BCUT2D eigenvalue weighted by Crippen LogP contribution is -2.41. The van der Waals surface area contributed by atoms with Crippen LogP contribution >= 0.6 is 0 Å². The Kier molecular flexibility index (Phi) is 5.69. The zero-order valence-corrected chi connectivity index (χ0v) is 19.9. The minimum absolute atomic E-state index is 0.0126. The van der Waals surface area contributed by atoms with E-state index < -0.39 is 5.92 Å². The molecule has 0 aromatic carbocycles. The predicted octanol–water partition coefficient (Wildman–Crippen LogP) is 4.04. The molecule has 10 heteroatoms. The SMILES string of the molecule is CC(NCC1CC(F)(F)C1)c1ccc2nc(CN3C=C(c4cncc(-n5cccc5)c4)NN3)cn2c1. The first kappa shape index (κ1) is 22.7. The van der Waals surface area contributed by atoms with Crippen molar-refractivity contribution in [3.63, 3.8) is 0 Å². The first-order valence-electron chi connectivity index (χ1n) is 12.1. The summed E-state index contributed by atoms with van der Waals surface area (Å²) in [5.74, 6) is -2.42. The van der Waals surface area contributed by atoms with Crippen LogP contribution in [-0.4, -0.2) is 36.4 Å². The van der Waals surface area contributed by atoms with Crippen molar-refractivity contribution in [2.24, 2.45) is 5.92 Å². The number of halogens is 2. The molecule has 4 aromatic heterocycles. The van der Waals surface area contributed by atoms with E-state index >= 15 is 0 Å².